The van der Waals surface area contributed by atoms with Crippen LogP contribution in [0.25, 0.3) is 0 Å². The summed E-state index contributed by atoms with van der Waals surface area (Å²) in [6.07, 6.45) is 4.15. The van der Waals surface area contributed by atoms with E-state index in [-0.39, 0.29) is 0 Å². The standard InChI is InChI=1S/C16H20O3/c17-14-8-4-7-13(11-15(18)16(14)19)10-9-12-5-2-1-3-6-12/h1-6,8,13,15-16,18-19H,7,9-11H2. The van der Waals surface area contributed by atoms with Crippen LogP contribution in [-0.4, -0.2) is 28.2 Å². The molecule has 0 saturated heterocycles. The first-order chi connectivity index (χ1) is 9.16. The van der Waals surface area contributed by atoms with E-state index in [9.17, 15) is 15.0 Å². The van der Waals surface area contributed by atoms with Crippen molar-refractivity contribution in [3.05, 3.63) is 48.0 Å². The van der Waals surface area contributed by atoms with Crippen LogP contribution in [0.3, 0.4) is 0 Å². The normalized spacial score (nSPS) is 27.9. The summed E-state index contributed by atoms with van der Waals surface area (Å²) in [5.74, 6) is -0.0942. The maximum Gasteiger partial charge on any atom is 0.186 e. The highest BCUT2D eigenvalue weighted by Crippen LogP contribution is 2.23. The lowest BCUT2D eigenvalue weighted by atomic mass is 9.87. The van der Waals surface area contributed by atoms with E-state index < -0.39 is 18.0 Å². The maximum absolute atomic E-state index is 11.4. The van der Waals surface area contributed by atoms with Crippen LogP contribution in [0.2, 0.25) is 0 Å². The molecule has 0 saturated carbocycles. The number of hydrogen-bond donors (Lipinski definition) is 2. The molecule has 0 aromatic heterocycles. The molecule has 0 aliphatic heterocycles. The van der Waals surface area contributed by atoms with Crippen LogP contribution < -0.4 is 0 Å². The topological polar surface area (TPSA) is 57.5 Å². The fourth-order valence-electron chi connectivity index (χ4n) is 2.48. The van der Waals surface area contributed by atoms with Gasteiger partial charge in [-0.25, -0.2) is 0 Å². The Morgan fingerprint density at radius 3 is 2.63 bits per heavy atom. The van der Waals surface area contributed by atoms with Crippen molar-refractivity contribution in [2.45, 2.75) is 37.9 Å². The average Bonchev–Trinajstić information content (AvgIpc) is 2.43. The zero-order valence-electron chi connectivity index (χ0n) is 10.9. The summed E-state index contributed by atoms with van der Waals surface area (Å²) in [6, 6.07) is 10.2. The second-order valence-corrected chi connectivity index (χ2v) is 5.18. The van der Waals surface area contributed by atoms with Crippen molar-refractivity contribution >= 4 is 5.78 Å². The van der Waals surface area contributed by atoms with Gasteiger partial charge >= 0.3 is 0 Å². The number of rotatable bonds is 3. The zero-order valence-corrected chi connectivity index (χ0v) is 10.9. The van der Waals surface area contributed by atoms with E-state index in [1.807, 2.05) is 24.3 Å². The van der Waals surface area contributed by atoms with Gasteiger partial charge in [0.25, 0.3) is 0 Å². The minimum Gasteiger partial charge on any atom is -0.390 e. The van der Waals surface area contributed by atoms with E-state index in [1.54, 1.807) is 0 Å². The molecule has 3 atom stereocenters. The summed E-state index contributed by atoms with van der Waals surface area (Å²) in [5, 5.41) is 19.4. The van der Waals surface area contributed by atoms with Crippen molar-refractivity contribution < 1.29 is 15.0 Å². The highest BCUT2D eigenvalue weighted by atomic mass is 16.3. The van der Waals surface area contributed by atoms with Crippen LogP contribution in [0.5, 0.6) is 0 Å². The molecule has 3 nitrogen and oxygen atoms in total. The Balaban J connectivity index is 1.93. The molecule has 0 heterocycles. The average molecular weight is 260 g/mol. The zero-order chi connectivity index (χ0) is 13.7. The van der Waals surface area contributed by atoms with Gasteiger partial charge in [0.1, 0.15) is 6.10 Å². The number of aryl methyl sites for hydroxylation is 1. The van der Waals surface area contributed by atoms with E-state index in [4.69, 9.17) is 0 Å². The van der Waals surface area contributed by atoms with Crippen LogP contribution in [0, 0.1) is 5.92 Å². The minimum absolute atomic E-state index is 0.300. The molecule has 2 rings (SSSR count). The largest absolute Gasteiger partial charge is 0.390 e. The second-order valence-electron chi connectivity index (χ2n) is 5.18. The summed E-state index contributed by atoms with van der Waals surface area (Å²) in [7, 11) is 0. The van der Waals surface area contributed by atoms with Gasteiger partial charge in [0.2, 0.25) is 0 Å². The van der Waals surface area contributed by atoms with E-state index in [2.05, 4.69) is 12.1 Å². The first kappa shape index (κ1) is 14.0. The van der Waals surface area contributed by atoms with Gasteiger partial charge in [-0.3, -0.25) is 4.79 Å². The summed E-state index contributed by atoms with van der Waals surface area (Å²) in [6.45, 7) is 0. The third-order valence-corrected chi connectivity index (χ3v) is 3.67. The Bertz CT molecular complexity index is 439. The summed E-state index contributed by atoms with van der Waals surface area (Å²) in [5.41, 5.74) is 1.28. The monoisotopic (exact) mass is 260 g/mol. The van der Waals surface area contributed by atoms with Crippen molar-refractivity contribution in [2.24, 2.45) is 5.92 Å². The van der Waals surface area contributed by atoms with E-state index in [0.29, 0.717) is 12.3 Å². The Kier molecular flexibility index (Phi) is 4.88. The smallest absolute Gasteiger partial charge is 0.186 e. The van der Waals surface area contributed by atoms with Crippen LogP contribution in [0.15, 0.2) is 42.5 Å². The van der Waals surface area contributed by atoms with Gasteiger partial charge in [-0.15, -0.1) is 0 Å². The number of aliphatic hydroxyl groups is 2. The highest BCUT2D eigenvalue weighted by Gasteiger charge is 2.26. The van der Waals surface area contributed by atoms with Crippen LogP contribution in [0.4, 0.5) is 0 Å². The highest BCUT2D eigenvalue weighted by molar-refractivity contribution is 5.93. The number of hydrogen-bond acceptors (Lipinski definition) is 3. The number of allylic oxidation sites excluding steroid dienone is 1. The first-order valence-corrected chi connectivity index (χ1v) is 6.77. The molecule has 0 bridgehead atoms. The SMILES string of the molecule is O=C1C=CCC(CCc2ccccc2)CC(O)C1O. The second kappa shape index (κ2) is 6.64. The molecule has 2 N–H and O–H groups in total. The van der Waals surface area contributed by atoms with Gasteiger partial charge in [0.15, 0.2) is 5.78 Å². The van der Waals surface area contributed by atoms with Crippen molar-refractivity contribution in [1.29, 1.82) is 0 Å². The van der Waals surface area contributed by atoms with Gasteiger partial charge in [0.05, 0.1) is 6.10 Å². The quantitative estimate of drug-likeness (QED) is 0.872. The lowest BCUT2D eigenvalue weighted by Gasteiger charge is -2.23. The van der Waals surface area contributed by atoms with Gasteiger partial charge in [-0.1, -0.05) is 36.4 Å². The molecule has 1 aliphatic carbocycles. The van der Waals surface area contributed by atoms with Crippen molar-refractivity contribution in [1.82, 2.24) is 0 Å². The summed E-state index contributed by atoms with van der Waals surface area (Å²) >= 11 is 0. The molecule has 0 radical (unpaired) electrons. The Hall–Kier alpha value is -1.45. The molecule has 1 aromatic rings. The fraction of sp³-hybridized carbons (Fsp3) is 0.438. The van der Waals surface area contributed by atoms with Crippen LogP contribution in [-0.2, 0) is 11.2 Å². The van der Waals surface area contributed by atoms with Gasteiger partial charge < -0.3 is 10.2 Å². The lowest BCUT2D eigenvalue weighted by Crippen LogP contribution is -2.35. The van der Waals surface area contributed by atoms with Crippen LogP contribution >= 0.6 is 0 Å². The predicted molar refractivity (Wildman–Crippen MR) is 73.6 cm³/mol. The molecule has 0 amide bonds. The van der Waals surface area contributed by atoms with E-state index in [1.165, 1.54) is 11.6 Å². The van der Waals surface area contributed by atoms with Gasteiger partial charge in [-0.05, 0) is 43.2 Å². The maximum atomic E-state index is 11.4. The summed E-state index contributed by atoms with van der Waals surface area (Å²) < 4.78 is 0. The van der Waals surface area contributed by atoms with Crippen molar-refractivity contribution in [2.75, 3.05) is 0 Å². The molecule has 0 spiro atoms. The Labute approximate surface area is 113 Å². The molecule has 0 fully saturated rings. The minimum atomic E-state index is -1.27. The Morgan fingerprint density at radius 1 is 1.16 bits per heavy atom. The third-order valence-electron chi connectivity index (χ3n) is 3.67. The number of aliphatic hydroxyl groups excluding tert-OH is 2. The number of carbonyl (C=O) groups is 1. The number of carbonyl (C=O) groups excluding carboxylic acids is 1. The Morgan fingerprint density at radius 2 is 1.89 bits per heavy atom. The predicted octanol–water partition coefficient (Wildman–Crippen LogP) is 1.88. The molecule has 3 heteroatoms. The molecule has 19 heavy (non-hydrogen) atoms. The van der Waals surface area contributed by atoms with E-state index >= 15 is 0 Å². The van der Waals surface area contributed by atoms with Crippen LogP contribution in [0.1, 0.15) is 24.8 Å². The fourth-order valence-corrected chi connectivity index (χ4v) is 2.48. The molecular weight excluding hydrogens is 240 g/mol. The van der Waals surface area contributed by atoms with Crippen molar-refractivity contribution in [3.63, 3.8) is 0 Å². The summed E-state index contributed by atoms with van der Waals surface area (Å²) in [4.78, 5) is 11.4. The molecule has 1 aliphatic rings. The molecule has 1 aromatic carbocycles. The van der Waals surface area contributed by atoms with Gasteiger partial charge in [0, 0.05) is 0 Å². The number of ketones is 1. The number of benzene rings is 1. The van der Waals surface area contributed by atoms with E-state index in [0.717, 1.165) is 19.3 Å². The third kappa shape index (κ3) is 4.01. The lowest BCUT2D eigenvalue weighted by molar-refractivity contribution is -0.128. The first-order valence-electron chi connectivity index (χ1n) is 6.77. The molecular formula is C16H20O3. The van der Waals surface area contributed by atoms with Gasteiger partial charge in [-0.2, -0.15) is 0 Å². The molecule has 102 valence electrons. The van der Waals surface area contributed by atoms with Crippen molar-refractivity contribution in [3.8, 4) is 0 Å². The molecule has 3 unspecified atom stereocenters.